The van der Waals surface area contributed by atoms with Crippen molar-refractivity contribution in [1.29, 1.82) is 0 Å². The minimum atomic E-state index is 0.693. The summed E-state index contributed by atoms with van der Waals surface area (Å²) < 4.78 is 1.79. The molecule has 0 aliphatic heterocycles. The lowest BCUT2D eigenvalue weighted by molar-refractivity contribution is 0.782. The molecule has 0 radical (unpaired) electrons. The predicted molar refractivity (Wildman–Crippen MR) is 47.7 cm³/mol. The molecule has 0 saturated carbocycles. The highest BCUT2D eigenvalue weighted by Crippen LogP contribution is 2.21. The Morgan fingerprint density at radius 3 is 2.83 bits per heavy atom. The topological polar surface area (TPSA) is 56.7 Å². The molecule has 2 N–H and O–H groups in total. The minimum absolute atomic E-state index is 0.693. The van der Waals surface area contributed by atoms with Crippen molar-refractivity contribution in [2.45, 2.75) is 6.92 Å². The summed E-state index contributed by atoms with van der Waals surface area (Å²) in [6.07, 6.45) is 3.42. The van der Waals surface area contributed by atoms with Crippen LogP contribution in [0.4, 0.5) is 5.69 Å². The van der Waals surface area contributed by atoms with Gasteiger partial charge in [0.1, 0.15) is 0 Å². The zero-order valence-electron chi connectivity index (χ0n) is 7.07. The SMILES string of the molecule is Cc1nn(C)c2cncc(N)c12. The van der Waals surface area contributed by atoms with E-state index in [1.807, 2.05) is 14.0 Å². The molecule has 2 heterocycles. The molecule has 12 heavy (non-hydrogen) atoms. The van der Waals surface area contributed by atoms with E-state index in [-0.39, 0.29) is 0 Å². The number of nitrogen functional groups attached to an aromatic ring is 1. The van der Waals surface area contributed by atoms with Crippen molar-refractivity contribution in [2.75, 3.05) is 5.73 Å². The average molecular weight is 162 g/mol. The van der Waals surface area contributed by atoms with Gasteiger partial charge in [0.2, 0.25) is 0 Å². The molecule has 0 amide bonds. The lowest BCUT2D eigenvalue weighted by atomic mass is 10.2. The van der Waals surface area contributed by atoms with Gasteiger partial charge in [0.05, 0.1) is 29.3 Å². The fourth-order valence-electron chi connectivity index (χ4n) is 1.43. The van der Waals surface area contributed by atoms with Gasteiger partial charge in [-0.15, -0.1) is 0 Å². The molecule has 0 bridgehead atoms. The van der Waals surface area contributed by atoms with Crippen LogP contribution in [0.2, 0.25) is 0 Å². The van der Waals surface area contributed by atoms with Crippen LogP contribution >= 0.6 is 0 Å². The first-order valence-corrected chi connectivity index (χ1v) is 3.73. The van der Waals surface area contributed by atoms with Crippen LogP contribution in [0.5, 0.6) is 0 Å². The minimum Gasteiger partial charge on any atom is -0.397 e. The van der Waals surface area contributed by atoms with Crippen molar-refractivity contribution >= 4 is 16.6 Å². The van der Waals surface area contributed by atoms with Gasteiger partial charge in [-0.3, -0.25) is 9.67 Å². The maximum absolute atomic E-state index is 5.75. The van der Waals surface area contributed by atoms with E-state index in [2.05, 4.69) is 10.1 Å². The molecule has 0 aromatic carbocycles. The van der Waals surface area contributed by atoms with Gasteiger partial charge < -0.3 is 5.73 Å². The number of nitrogens with zero attached hydrogens (tertiary/aromatic N) is 3. The van der Waals surface area contributed by atoms with Crippen LogP contribution in [0.25, 0.3) is 10.9 Å². The monoisotopic (exact) mass is 162 g/mol. The van der Waals surface area contributed by atoms with Crippen LogP contribution < -0.4 is 5.73 Å². The quantitative estimate of drug-likeness (QED) is 0.625. The summed E-state index contributed by atoms with van der Waals surface area (Å²) in [7, 11) is 1.89. The second kappa shape index (κ2) is 2.20. The highest BCUT2D eigenvalue weighted by atomic mass is 15.3. The van der Waals surface area contributed by atoms with E-state index in [1.54, 1.807) is 17.1 Å². The second-order valence-corrected chi connectivity index (χ2v) is 2.83. The first kappa shape index (κ1) is 7.09. The molecule has 2 rings (SSSR count). The number of hydrogen-bond donors (Lipinski definition) is 1. The zero-order chi connectivity index (χ0) is 8.72. The fourth-order valence-corrected chi connectivity index (χ4v) is 1.43. The number of anilines is 1. The number of fused-ring (bicyclic) bond motifs is 1. The Bertz CT molecular complexity index is 430. The van der Waals surface area contributed by atoms with Crippen LogP contribution in [-0.4, -0.2) is 14.8 Å². The first-order chi connectivity index (χ1) is 5.70. The van der Waals surface area contributed by atoms with Gasteiger partial charge in [0.15, 0.2) is 0 Å². The molecule has 0 unspecified atom stereocenters. The predicted octanol–water partition coefficient (Wildman–Crippen LogP) is 0.859. The van der Waals surface area contributed by atoms with Crippen LogP contribution in [-0.2, 0) is 7.05 Å². The van der Waals surface area contributed by atoms with E-state index >= 15 is 0 Å². The Morgan fingerprint density at radius 1 is 1.42 bits per heavy atom. The Hall–Kier alpha value is -1.58. The van der Waals surface area contributed by atoms with Gasteiger partial charge >= 0.3 is 0 Å². The summed E-state index contributed by atoms with van der Waals surface area (Å²) in [4.78, 5) is 4.00. The van der Waals surface area contributed by atoms with Gasteiger partial charge in [0, 0.05) is 12.4 Å². The van der Waals surface area contributed by atoms with Crippen LogP contribution in [0, 0.1) is 6.92 Å². The maximum atomic E-state index is 5.75. The molecule has 0 saturated heterocycles. The molecule has 0 aliphatic carbocycles. The van der Waals surface area contributed by atoms with Gasteiger partial charge in [-0.2, -0.15) is 5.10 Å². The second-order valence-electron chi connectivity index (χ2n) is 2.83. The third-order valence-corrected chi connectivity index (χ3v) is 1.97. The van der Waals surface area contributed by atoms with Crippen molar-refractivity contribution in [3.63, 3.8) is 0 Å². The third kappa shape index (κ3) is 0.777. The molecule has 4 heteroatoms. The molecular weight excluding hydrogens is 152 g/mol. The Morgan fingerprint density at radius 2 is 2.17 bits per heavy atom. The molecule has 0 atom stereocenters. The number of aryl methyl sites for hydroxylation is 2. The van der Waals surface area contributed by atoms with E-state index in [1.165, 1.54) is 0 Å². The van der Waals surface area contributed by atoms with Crippen molar-refractivity contribution in [1.82, 2.24) is 14.8 Å². The van der Waals surface area contributed by atoms with Gasteiger partial charge in [-0.05, 0) is 6.92 Å². The lowest BCUT2D eigenvalue weighted by Crippen LogP contribution is -1.91. The smallest absolute Gasteiger partial charge is 0.0885 e. The number of aromatic nitrogens is 3. The normalized spacial score (nSPS) is 10.8. The van der Waals surface area contributed by atoms with Crippen LogP contribution in [0.3, 0.4) is 0 Å². The Balaban J connectivity index is 2.99. The summed E-state index contributed by atoms with van der Waals surface area (Å²) in [5, 5.41) is 5.25. The van der Waals surface area contributed by atoms with Gasteiger partial charge in [-0.25, -0.2) is 0 Å². The average Bonchev–Trinajstić information content (AvgIpc) is 2.29. The van der Waals surface area contributed by atoms with Crippen molar-refractivity contribution in [2.24, 2.45) is 7.05 Å². The van der Waals surface area contributed by atoms with E-state index in [9.17, 15) is 0 Å². The largest absolute Gasteiger partial charge is 0.397 e. The van der Waals surface area contributed by atoms with E-state index < -0.39 is 0 Å². The number of pyridine rings is 1. The highest BCUT2D eigenvalue weighted by molar-refractivity contribution is 5.91. The molecule has 2 aromatic rings. The fraction of sp³-hybridized carbons (Fsp3) is 0.250. The summed E-state index contributed by atoms with van der Waals surface area (Å²) in [6, 6.07) is 0. The molecule has 62 valence electrons. The van der Waals surface area contributed by atoms with E-state index in [0.29, 0.717) is 5.69 Å². The molecule has 4 nitrogen and oxygen atoms in total. The standard InChI is InChI=1S/C8H10N4/c1-5-8-6(9)3-10-4-7(8)12(2)11-5/h3-4H,9H2,1-2H3. The molecule has 0 aliphatic rings. The van der Waals surface area contributed by atoms with Gasteiger partial charge in [-0.1, -0.05) is 0 Å². The first-order valence-electron chi connectivity index (χ1n) is 3.73. The van der Waals surface area contributed by atoms with Crippen molar-refractivity contribution in [3.8, 4) is 0 Å². The van der Waals surface area contributed by atoms with Gasteiger partial charge in [0.25, 0.3) is 0 Å². The summed E-state index contributed by atoms with van der Waals surface area (Å²) in [5.74, 6) is 0. The Kier molecular flexibility index (Phi) is 1.30. The maximum Gasteiger partial charge on any atom is 0.0885 e. The molecule has 0 fully saturated rings. The molecule has 0 spiro atoms. The van der Waals surface area contributed by atoms with Crippen LogP contribution in [0.1, 0.15) is 5.69 Å². The summed E-state index contributed by atoms with van der Waals surface area (Å²) in [6.45, 7) is 1.94. The van der Waals surface area contributed by atoms with E-state index in [4.69, 9.17) is 5.73 Å². The van der Waals surface area contributed by atoms with Crippen molar-refractivity contribution in [3.05, 3.63) is 18.1 Å². The molecule has 2 aromatic heterocycles. The lowest BCUT2D eigenvalue weighted by Gasteiger charge is -1.95. The number of nitrogens with two attached hydrogens (primary N) is 1. The summed E-state index contributed by atoms with van der Waals surface area (Å²) in [5.41, 5.74) is 8.38. The zero-order valence-corrected chi connectivity index (χ0v) is 7.07. The number of hydrogen-bond acceptors (Lipinski definition) is 3. The van der Waals surface area contributed by atoms with Crippen LogP contribution in [0.15, 0.2) is 12.4 Å². The third-order valence-electron chi connectivity index (χ3n) is 1.97. The molecular formula is C8H10N4. The number of rotatable bonds is 0. The van der Waals surface area contributed by atoms with Crippen molar-refractivity contribution < 1.29 is 0 Å². The van der Waals surface area contributed by atoms with E-state index in [0.717, 1.165) is 16.6 Å². The summed E-state index contributed by atoms with van der Waals surface area (Å²) >= 11 is 0. The Labute approximate surface area is 70.0 Å². The highest BCUT2D eigenvalue weighted by Gasteiger charge is 2.06.